The Morgan fingerprint density at radius 1 is 1.14 bits per heavy atom. The highest BCUT2D eigenvalue weighted by molar-refractivity contribution is 9.10. The molecule has 1 amide bonds. The van der Waals surface area contributed by atoms with Crippen molar-refractivity contribution in [2.24, 2.45) is 0 Å². The molecule has 0 fully saturated rings. The van der Waals surface area contributed by atoms with E-state index in [0.29, 0.717) is 67.6 Å². The van der Waals surface area contributed by atoms with Crippen LogP contribution in [0.4, 0.5) is 17.1 Å². The lowest BCUT2D eigenvalue weighted by atomic mass is 10.1. The summed E-state index contributed by atoms with van der Waals surface area (Å²) in [5.74, 6) is 0.866. The van der Waals surface area contributed by atoms with E-state index in [0.717, 1.165) is 24.2 Å². The van der Waals surface area contributed by atoms with Crippen molar-refractivity contribution < 1.29 is 14.3 Å². The van der Waals surface area contributed by atoms with Crippen molar-refractivity contribution in [1.29, 1.82) is 5.26 Å². The fraction of sp³-hybridized carbons (Fsp3) is 0.290. The SMILES string of the molecule is CCOc1cc2ncc(C#N)c(Nc3cc(Cl)c(OCc4ncccc4C)cc3Br)c2cc1NC(=O)CCCN(C)C. The Bertz CT molecular complexity index is 1640. The van der Waals surface area contributed by atoms with Gasteiger partial charge in [0.25, 0.3) is 0 Å². The number of rotatable bonds is 12. The van der Waals surface area contributed by atoms with Crippen molar-refractivity contribution >= 4 is 61.4 Å². The van der Waals surface area contributed by atoms with Crippen LogP contribution >= 0.6 is 27.5 Å². The summed E-state index contributed by atoms with van der Waals surface area (Å²) in [5.41, 5.74) is 4.40. The summed E-state index contributed by atoms with van der Waals surface area (Å²) in [6, 6.07) is 13.1. The number of hydrogen-bond acceptors (Lipinski definition) is 8. The number of benzene rings is 2. The summed E-state index contributed by atoms with van der Waals surface area (Å²) in [4.78, 5) is 23.6. The third-order valence-electron chi connectivity index (χ3n) is 6.44. The molecule has 0 saturated heterocycles. The van der Waals surface area contributed by atoms with Crippen LogP contribution in [0.3, 0.4) is 0 Å². The molecular weight excluding hydrogens is 620 g/mol. The molecule has 0 spiro atoms. The van der Waals surface area contributed by atoms with Gasteiger partial charge in [-0.05, 0) is 86.7 Å². The van der Waals surface area contributed by atoms with Gasteiger partial charge in [-0.2, -0.15) is 5.26 Å². The topological polar surface area (TPSA) is 112 Å². The normalized spacial score (nSPS) is 10.9. The van der Waals surface area contributed by atoms with Gasteiger partial charge >= 0.3 is 0 Å². The van der Waals surface area contributed by atoms with Gasteiger partial charge in [-0.1, -0.05) is 17.7 Å². The molecule has 218 valence electrons. The first-order valence-electron chi connectivity index (χ1n) is 13.4. The zero-order chi connectivity index (χ0) is 30.2. The van der Waals surface area contributed by atoms with Crippen LogP contribution in [0.2, 0.25) is 5.02 Å². The minimum absolute atomic E-state index is 0.123. The summed E-state index contributed by atoms with van der Waals surface area (Å²) >= 11 is 10.2. The highest BCUT2D eigenvalue weighted by Gasteiger charge is 2.18. The Hall–Kier alpha value is -3.91. The Morgan fingerprint density at radius 3 is 2.67 bits per heavy atom. The van der Waals surface area contributed by atoms with Gasteiger partial charge < -0.3 is 25.0 Å². The lowest BCUT2D eigenvalue weighted by Crippen LogP contribution is -2.17. The van der Waals surface area contributed by atoms with Crippen LogP contribution in [-0.2, 0) is 11.4 Å². The molecule has 4 aromatic rings. The highest BCUT2D eigenvalue weighted by Crippen LogP contribution is 2.40. The average Bonchev–Trinajstić information content (AvgIpc) is 2.95. The van der Waals surface area contributed by atoms with Crippen molar-refractivity contribution in [3.05, 3.63) is 75.1 Å². The van der Waals surface area contributed by atoms with E-state index in [1.165, 1.54) is 6.20 Å². The molecule has 9 nitrogen and oxygen atoms in total. The summed E-state index contributed by atoms with van der Waals surface area (Å²) in [6.45, 7) is 5.33. The second-order valence-electron chi connectivity index (χ2n) is 9.86. The van der Waals surface area contributed by atoms with E-state index in [4.69, 9.17) is 21.1 Å². The maximum atomic E-state index is 12.8. The molecule has 0 radical (unpaired) electrons. The molecule has 11 heteroatoms. The lowest BCUT2D eigenvalue weighted by molar-refractivity contribution is -0.116. The van der Waals surface area contributed by atoms with E-state index >= 15 is 0 Å². The third-order valence-corrected chi connectivity index (χ3v) is 7.39. The zero-order valence-corrected chi connectivity index (χ0v) is 26.3. The number of carbonyl (C=O) groups excluding carboxylic acids is 1. The van der Waals surface area contributed by atoms with Gasteiger partial charge in [0.15, 0.2) is 0 Å². The van der Waals surface area contributed by atoms with Crippen molar-refractivity contribution in [1.82, 2.24) is 14.9 Å². The number of pyridine rings is 2. The Labute approximate surface area is 258 Å². The van der Waals surface area contributed by atoms with Crippen molar-refractivity contribution in [2.45, 2.75) is 33.3 Å². The number of aromatic nitrogens is 2. The van der Waals surface area contributed by atoms with E-state index in [-0.39, 0.29) is 12.5 Å². The fourth-order valence-electron chi connectivity index (χ4n) is 4.27. The Kier molecular flexibility index (Phi) is 10.6. The molecule has 0 aliphatic heterocycles. The largest absolute Gasteiger partial charge is 0.492 e. The average molecular weight is 652 g/mol. The number of amides is 1. The number of nitrogens with one attached hydrogen (secondary N) is 2. The van der Waals surface area contributed by atoms with Crippen molar-refractivity contribution in [2.75, 3.05) is 37.9 Å². The van der Waals surface area contributed by atoms with Gasteiger partial charge in [0, 0.05) is 34.7 Å². The Morgan fingerprint density at radius 2 is 1.95 bits per heavy atom. The van der Waals surface area contributed by atoms with E-state index in [1.807, 2.05) is 45.0 Å². The van der Waals surface area contributed by atoms with Crippen LogP contribution in [-0.4, -0.2) is 48.0 Å². The highest BCUT2D eigenvalue weighted by atomic mass is 79.9. The van der Waals surface area contributed by atoms with E-state index < -0.39 is 0 Å². The quantitative estimate of drug-likeness (QED) is 0.165. The molecule has 2 aromatic heterocycles. The number of aryl methyl sites for hydroxylation is 1. The summed E-state index contributed by atoms with van der Waals surface area (Å²) in [6.07, 6.45) is 4.31. The smallest absolute Gasteiger partial charge is 0.224 e. The first-order chi connectivity index (χ1) is 20.2. The molecule has 0 saturated carbocycles. The number of fused-ring (bicyclic) bond motifs is 1. The first-order valence-corrected chi connectivity index (χ1v) is 14.6. The van der Waals surface area contributed by atoms with Gasteiger partial charge in [0.1, 0.15) is 24.2 Å². The predicted molar refractivity (Wildman–Crippen MR) is 170 cm³/mol. The summed E-state index contributed by atoms with van der Waals surface area (Å²) < 4.78 is 12.5. The number of nitriles is 1. The third kappa shape index (κ3) is 7.68. The van der Waals surface area contributed by atoms with Crippen molar-refractivity contribution in [3.8, 4) is 17.6 Å². The number of ether oxygens (including phenoxy) is 2. The number of anilines is 3. The van der Waals surface area contributed by atoms with E-state index in [9.17, 15) is 10.1 Å². The number of nitrogens with zero attached hydrogens (tertiary/aromatic N) is 4. The summed E-state index contributed by atoms with van der Waals surface area (Å²) in [7, 11) is 3.94. The second-order valence-corrected chi connectivity index (χ2v) is 11.1. The molecule has 2 N–H and O–H groups in total. The minimum atomic E-state index is -0.123. The molecule has 0 unspecified atom stereocenters. The monoisotopic (exact) mass is 650 g/mol. The molecule has 2 heterocycles. The van der Waals surface area contributed by atoms with Crippen LogP contribution in [0.15, 0.2) is 53.3 Å². The van der Waals surface area contributed by atoms with Gasteiger partial charge in [-0.3, -0.25) is 14.8 Å². The molecule has 0 aliphatic carbocycles. The molecule has 42 heavy (non-hydrogen) atoms. The number of carbonyl (C=O) groups is 1. The van der Waals surface area contributed by atoms with Crippen LogP contribution in [0.1, 0.15) is 36.6 Å². The second kappa shape index (κ2) is 14.3. The molecule has 2 aromatic carbocycles. The van der Waals surface area contributed by atoms with Crippen LogP contribution in [0.5, 0.6) is 11.5 Å². The van der Waals surface area contributed by atoms with Crippen LogP contribution in [0.25, 0.3) is 10.9 Å². The minimum Gasteiger partial charge on any atom is -0.492 e. The maximum absolute atomic E-state index is 12.8. The van der Waals surface area contributed by atoms with Gasteiger partial charge in [0.05, 0.1) is 45.5 Å². The van der Waals surface area contributed by atoms with E-state index in [2.05, 4.69) is 42.6 Å². The fourth-order valence-corrected chi connectivity index (χ4v) is 4.91. The van der Waals surface area contributed by atoms with Crippen LogP contribution in [0, 0.1) is 18.3 Å². The first kappa shape index (κ1) is 31.0. The number of hydrogen-bond donors (Lipinski definition) is 2. The lowest BCUT2D eigenvalue weighted by Gasteiger charge is -2.18. The standard InChI is InChI=1S/C31H32BrClN6O3/c1-5-41-29-15-24-21(12-26(29)37-30(40)9-7-11-39(3)4)31(20(16-34)17-36-24)38-25-14-23(33)28(13-22(25)32)42-18-27-19(2)8-6-10-35-27/h6,8,10,12-15,17H,5,7,9,11,18H2,1-4H3,(H,36,38)(H,37,40). The van der Waals surface area contributed by atoms with E-state index in [1.54, 1.807) is 30.5 Å². The molecule has 0 atom stereocenters. The van der Waals surface area contributed by atoms with Gasteiger partial charge in [-0.25, -0.2) is 0 Å². The molecule has 0 bridgehead atoms. The predicted octanol–water partition coefficient (Wildman–Crippen LogP) is 7.23. The zero-order valence-electron chi connectivity index (χ0n) is 23.9. The maximum Gasteiger partial charge on any atom is 0.224 e. The molecule has 4 rings (SSSR count). The van der Waals surface area contributed by atoms with Crippen molar-refractivity contribution in [3.63, 3.8) is 0 Å². The molecule has 0 aliphatic rings. The Balaban J connectivity index is 1.66. The summed E-state index contributed by atoms with van der Waals surface area (Å²) in [5, 5.41) is 17.3. The number of halogens is 2. The van der Waals surface area contributed by atoms with Gasteiger partial charge in [-0.15, -0.1) is 0 Å². The van der Waals surface area contributed by atoms with Gasteiger partial charge in [0.2, 0.25) is 5.91 Å². The molecular formula is C31H32BrClN6O3. The van der Waals surface area contributed by atoms with Crippen LogP contribution < -0.4 is 20.1 Å².